The minimum absolute atomic E-state index is 0.0541. The fraction of sp³-hybridized carbons (Fsp3) is 0.158. The molecule has 0 atom stereocenters. The zero-order chi connectivity index (χ0) is 20.4. The second-order valence-electron chi connectivity index (χ2n) is 6.08. The Bertz CT molecular complexity index is 1110. The van der Waals surface area contributed by atoms with Crippen molar-refractivity contribution in [3.63, 3.8) is 0 Å². The maximum Gasteiger partial charge on any atom is 0.416 e. The highest BCUT2D eigenvalue weighted by molar-refractivity contribution is 5.59. The first-order valence-corrected chi connectivity index (χ1v) is 8.48. The van der Waals surface area contributed by atoms with Crippen LogP contribution < -0.4 is 4.74 Å². The number of benzene rings is 1. The predicted octanol–water partition coefficient (Wildman–Crippen LogP) is 4.13. The van der Waals surface area contributed by atoms with Crippen LogP contribution in [0.2, 0.25) is 0 Å². The van der Waals surface area contributed by atoms with Crippen molar-refractivity contribution in [1.82, 2.24) is 24.9 Å². The summed E-state index contributed by atoms with van der Waals surface area (Å²) in [7, 11) is 1.71. The van der Waals surface area contributed by atoms with Crippen molar-refractivity contribution in [2.75, 3.05) is 0 Å². The largest absolute Gasteiger partial charge is 0.487 e. The Morgan fingerprint density at radius 1 is 1.10 bits per heavy atom. The molecule has 0 bridgehead atoms. The van der Waals surface area contributed by atoms with Crippen molar-refractivity contribution >= 4 is 0 Å². The van der Waals surface area contributed by atoms with Crippen molar-refractivity contribution in [3.05, 3.63) is 66.1 Å². The summed E-state index contributed by atoms with van der Waals surface area (Å²) in [5, 5.41) is 8.11. The molecule has 0 saturated carbocycles. The van der Waals surface area contributed by atoms with Gasteiger partial charge in [0.1, 0.15) is 18.1 Å². The molecule has 0 N–H and O–H groups in total. The van der Waals surface area contributed by atoms with Gasteiger partial charge in [-0.3, -0.25) is 9.67 Å². The average Bonchev–Trinajstić information content (AvgIpc) is 3.33. The van der Waals surface area contributed by atoms with Crippen molar-refractivity contribution in [2.45, 2.75) is 12.8 Å². The highest BCUT2D eigenvalue weighted by Gasteiger charge is 2.30. The Morgan fingerprint density at radius 3 is 2.59 bits per heavy atom. The van der Waals surface area contributed by atoms with Crippen LogP contribution in [0.5, 0.6) is 5.75 Å². The van der Waals surface area contributed by atoms with Crippen LogP contribution in [-0.2, 0) is 19.8 Å². The summed E-state index contributed by atoms with van der Waals surface area (Å²) in [6.07, 6.45) is -1.21. The molecule has 0 aliphatic carbocycles. The number of ether oxygens (including phenoxy) is 1. The average molecular weight is 401 g/mol. The smallest absolute Gasteiger partial charge is 0.416 e. The van der Waals surface area contributed by atoms with Gasteiger partial charge in [0.25, 0.3) is 5.89 Å². The normalized spacial score (nSPS) is 11.6. The number of hydrogen-bond acceptors (Lipinski definition) is 6. The van der Waals surface area contributed by atoms with Crippen LogP contribution in [0.4, 0.5) is 13.2 Å². The zero-order valence-corrected chi connectivity index (χ0v) is 15.1. The third kappa shape index (κ3) is 3.96. The van der Waals surface area contributed by atoms with Gasteiger partial charge < -0.3 is 9.26 Å². The lowest BCUT2D eigenvalue weighted by atomic mass is 10.2. The van der Waals surface area contributed by atoms with Gasteiger partial charge in [0.15, 0.2) is 0 Å². The molecule has 0 radical (unpaired) electrons. The number of aromatic nitrogens is 5. The van der Waals surface area contributed by atoms with Gasteiger partial charge in [0.2, 0.25) is 5.82 Å². The van der Waals surface area contributed by atoms with Gasteiger partial charge in [-0.1, -0.05) is 11.2 Å². The molecule has 4 rings (SSSR count). The molecule has 3 aromatic heterocycles. The Morgan fingerprint density at radius 2 is 1.90 bits per heavy atom. The van der Waals surface area contributed by atoms with E-state index >= 15 is 0 Å². The molecule has 0 aliphatic rings. The lowest BCUT2D eigenvalue weighted by molar-refractivity contribution is -0.137. The van der Waals surface area contributed by atoms with Gasteiger partial charge in [-0.15, -0.1) is 0 Å². The summed E-state index contributed by atoms with van der Waals surface area (Å²) in [4.78, 5) is 8.52. The van der Waals surface area contributed by atoms with Crippen LogP contribution in [0.3, 0.4) is 0 Å². The molecule has 7 nitrogen and oxygen atoms in total. The molecule has 0 amide bonds. The summed E-state index contributed by atoms with van der Waals surface area (Å²) in [6, 6.07) is 9.82. The highest BCUT2D eigenvalue weighted by Crippen LogP contribution is 2.31. The third-order valence-corrected chi connectivity index (χ3v) is 4.17. The Hall–Kier alpha value is -3.69. The van der Waals surface area contributed by atoms with Crippen molar-refractivity contribution < 1.29 is 22.4 Å². The number of nitrogens with zero attached hydrogens (tertiary/aromatic N) is 5. The summed E-state index contributed by atoms with van der Waals surface area (Å²) >= 11 is 0. The molecule has 3 heterocycles. The van der Waals surface area contributed by atoms with E-state index in [2.05, 4.69) is 20.2 Å². The number of halogens is 3. The van der Waals surface area contributed by atoms with E-state index in [4.69, 9.17) is 9.26 Å². The van der Waals surface area contributed by atoms with Crippen molar-refractivity contribution in [3.8, 4) is 28.7 Å². The molecule has 0 aliphatic heterocycles. The van der Waals surface area contributed by atoms with Gasteiger partial charge in [-0.25, -0.2) is 0 Å². The van der Waals surface area contributed by atoms with Crippen LogP contribution in [0.25, 0.3) is 23.0 Å². The lowest BCUT2D eigenvalue weighted by Crippen LogP contribution is -2.06. The minimum Gasteiger partial charge on any atom is -0.487 e. The van der Waals surface area contributed by atoms with E-state index in [1.54, 1.807) is 36.3 Å². The van der Waals surface area contributed by atoms with Gasteiger partial charge in [0.05, 0.1) is 23.0 Å². The number of alkyl halides is 3. The molecule has 10 heteroatoms. The molecular weight excluding hydrogens is 387 g/mol. The van der Waals surface area contributed by atoms with Gasteiger partial charge >= 0.3 is 6.18 Å². The van der Waals surface area contributed by atoms with Crippen molar-refractivity contribution in [2.24, 2.45) is 7.05 Å². The fourth-order valence-corrected chi connectivity index (χ4v) is 2.64. The van der Waals surface area contributed by atoms with E-state index in [-0.39, 0.29) is 12.5 Å². The van der Waals surface area contributed by atoms with E-state index in [0.717, 1.165) is 12.1 Å². The number of hydrogen-bond donors (Lipinski definition) is 0. The third-order valence-electron chi connectivity index (χ3n) is 4.17. The topological polar surface area (TPSA) is 78.9 Å². The monoisotopic (exact) mass is 401 g/mol. The van der Waals surface area contributed by atoms with Crippen LogP contribution in [-0.4, -0.2) is 24.9 Å². The highest BCUT2D eigenvalue weighted by atomic mass is 19.4. The summed E-state index contributed by atoms with van der Waals surface area (Å²) in [5.74, 6) is 0.869. The maximum atomic E-state index is 12.7. The molecule has 1 aromatic carbocycles. The van der Waals surface area contributed by atoms with E-state index in [1.807, 2.05) is 6.07 Å². The molecule has 29 heavy (non-hydrogen) atoms. The first-order chi connectivity index (χ1) is 13.9. The zero-order valence-electron chi connectivity index (χ0n) is 15.1. The van der Waals surface area contributed by atoms with Gasteiger partial charge in [-0.2, -0.15) is 23.3 Å². The number of aryl methyl sites for hydroxylation is 1. The summed E-state index contributed by atoms with van der Waals surface area (Å²) < 4.78 is 50.5. The second kappa shape index (κ2) is 7.38. The molecule has 0 unspecified atom stereocenters. The van der Waals surface area contributed by atoms with E-state index in [1.165, 1.54) is 12.1 Å². The van der Waals surface area contributed by atoms with Crippen LogP contribution in [0.1, 0.15) is 11.3 Å². The predicted molar refractivity (Wildman–Crippen MR) is 95.5 cm³/mol. The lowest BCUT2D eigenvalue weighted by Gasteiger charge is -2.10. The molecule has 0 saturated heterocycles. The second-order valence-corrected chi connectivity index (χ2v) is 6.08. The summed E-state index contributed by atoms with van der Waals surface area (Å²) in [6.45, 7) is 0.0541. The van der Waals surface area contributed by atoms with Crippen molar-refractivity contribution in [1.29, 1.82) is 0 Å². The first-order valence-electron chi connectivity index (χ1n) is 8.48. The van der Waals surface area contributed by atoms with Crippen LogP contribution in [0, 0.1) is 0 Å². The Labute approximate surface area is 162 Å². The Kier molecular flexibility index (Phi) is 4.75. The molecule has 148 valence electrons. The quantitative estimate of drug-likeness (QED) is 0.500. The fourth-order valence-electron chi connectivity index (χ4n) is 2.64. The van der Waals surface area contributed by atoms with Crippen LogP contribution in [0.15, 0.2) is 59.4 Å². The molecule has 4 aromatic rings. The van der Waals surface area contributed by atoms with Crippen LogP contribution >= 0.6 is 0 Å². The maximum absolute atomic E-state index is 12.7. The first kappa shape index (κ1) is 18.7. The Balaban J connectivity index is 1.53. The van der Waals surface area contributed by atoms with Gasteiger partial charge in [-0.05, 0) is 36.4 Å². The molecule has 0 spiro atoms. The van der Waals surface area contributed by atoms with E-state index in [0.29, 0.717) is 28.5 Å². The molecular formula is C19H14F3N5O2. The number of rotatable bonds is 5. The SMILES string of the molecule is Cn1ncc(-c2nc(-c3ccccn3)no2)c1COc1ccc(C(F)(F)F)cc1. The van der Waals surface area contributed by atoms with E-state index < -0.39 is 11.7 Å². The van der Waals surface area contributed by atoms with Gasteiger partial charge in [0, 0.05) is 13.2 Å². The minimum atomic E-state index is -4.39. The summed E-state index contributed by atoms with van der Waals surface area (Å²) in [5.41, 5.74) is 1.02. The number of pyridine rings is 1. The molecule has 0 fully saturated rings. The van der Waals surface area contributed by atoms with E-state index in [9.17, 15) is 13.2 Å². The standard InChI is InChI=1S/C19H14F3N5O2/c1-27-16(11-28-13-7-5-12(6-8-13)19(20,21)22)14(10-24-27)18-25-17(26-29-18)15-4-2-3-9-23-15/h2-10H,11H2,1H3.